The summed E-state index contributed by atoms with van der Waals surface area (Å²) in [7, 11) is 0. The number of nitrogens with zero attached hydrogens (tertiary/aromatic N) is 3. The van der Waals surface area contributed by atoms with E-state index in [4.69, 9.17) is 0 Å². The quantitative estimate of drug-likeness (QED) is 0.862. The number of carbonyl (C=O) groups excluding carboxylic acids is 1. The average Bonchev–Trinajstić information content (AvgIpc) is 3.10. The summed E-state index contributed by atoms with van der Waals surface area (Å²) >= 11 is 0. The first-order valence-electron chi connectivity index (χ1n) is 7.91. The fourth-order valence-corrected chi connectivity index (χ4v) is 3.00. The Labute approximate surface area is 138 Å². The van der Waals surface area contributed by atoms with Crippen molar-refractivity contribution in [2.75, 3.05) is 13.1 Å². The molecule has 0 saturated carbocycles. The van der Waals surface area contributed by atoms with Crippen molar-refractivity contribution in [3.05, 3.63) is 48.1 Å². The maximum atomic E-state index is 13.5. The minimum atomic E-state index is -0.860. The molecular weight excluding hydrogens is 316 g/mol. The van der Waals surface area contributed by atoms with Crippen molar-refractivity contribution in [2.24, 2.45) is 0 Å². The molecule has 2 aromatic rings. The van der Waals surface area contributed by atoms with Crippen LogP contribution in [-0.4, -0.2) is 39.8 Å². The number of piperidine rings is 1. The molecular formula is C16H19F2N5O. The van der Waals surface area contributed by atoms with Crippen LogP contribution < -0.4 is 10.6 Å². The topological polar surface area (TPSA) is 71.8 Å². The average molecular weight is 335 g/mol. The van der Waals surface area contributed by atoms with Gasteiger partial charge in [0.25, 0.3) is 0 Å². The van der Waals surface area contributed by atoms with Crippen LogP contribution in [0.3, 0.4) is 0 Å². The molecule has 2 N–H and O–H groups in total. The first-order chi connectivity index (χ1) is 11.6. The van der Waals surface area contributed by atoms with Crippen molar-refractivity contribution in [1.82, 2.24) is 25.4 Å². The third-order valence-electron chi connectivity index (χ3n) is 4.23. The lowest BCUT2D eigenvalue weighted by molar-refractivity contribution is -0.122. The minimum Gasteiger partial charge on any atom is -0.351 e. The van der Waals surface area contributed by atoms with Crippen LogP contribution in [0.2, 0.25) is 0 Å². The largest absolute Gasteiger partial charge is 0.351 e. The molecule has 0 bridgehead atoms. The van der Waals surface area contributed by atoms with Crippen LogP contribution in [0.4, 0.5) is 8.78 Å². The normalized spacial score (nSPS) is 20.8. The Balaban J connectivity index is 1.63. The highest BCUT2D eigenvalue weighted by atomic mass is 19.2. The van der Waals surface area contributed by atoms with Gasteiger partial charge in [0.1, 0.15) is 12.7 Å². The zero-order chi connectivity index (χ0) is 16.9. The summed E-state index contributed by atoms with van der Waals surface area (Å²) in [5.74, 6) is -1.87. The number of halogens is 2. The van der Waals surface area contributed by atoms with Gasteiger partial charge in [-0.1, -0.05) is 6.07 Å². The molecule has 1 amide bonds. The summed E-state index contributed by atoms with van der Waals surface area (Å²) < 4.78 is 28.2. The molecule has 8 heteroatoms. The van der Waals surface area contributed by atoms with E-state index in [1.807, 2.05) is 0 Å². The monoisotopic (exact) mass is 335 g/mol. The highest BCUT2D eigenvalue weighted by Crippen LogP contribution is 2.27. The second kappa shape index (κ2) is 7.48. The molecule has 0 radical (unpaired) electrons. The van der Waals surface area contributed by atoms with E-state index in [-0.39, 0.29) is 24.3 Å². The van der Waals surface area contributed by atoms with Crippen molar-refractivity contribution >= 4 is 5.91 Å². The maximum Gasteiger partial charge on any atom is 0.222 e. The molecule has 128 valence electrons. The van der Waals surface area contributed by atoms with Gasteiger partial charge >= 0.3 is 0 Å². The number of benzene rings is 1. The Kier molecular flexibility index (Phi) is 5.14. The molecule has 3 rings (SSSR count). The minimum absolute atomic E-state index is 0.0447. The molecule has 2 unspecified atom stereocenters. The van der Waals surface area contributed by atoms with E-state index in [1.165, 1.54) is 12.4 Å². The van der Waals surface area contributed by atoms with Gasteiger partial charge in [0.15, 0.2) is 11.6 Å². The van der Waals surface area contributed by atoms with Gasteiger partial charge < -0.3 is 10.6 Å². The molecule has 0 spiro atoms. The number of nitrogens with one attached hydrogen (secondary N) is 2. The van der Waals surface area contributed by atoms with Gasteiger partial charge in [-0.25, -0.2) is 13.8 Å². The zero-order valence-corrected chi connectivity index (χ0v) is 13.1. The lowest BCUT2D eigenvalue weighted by Gasteiger charge is -2.33. The standard InChI is InChI=1S/C16H19F2N5O/c17-13-2-1-11(7-14(13)18)12-3-5-19-8-15(12)22-16(24)4-6-23-10-20-9-21-23/h1-2,7,9-10,12,15,19H,3-6,8H2,(H,22,24). The van der Waals surface area contributed by atoms with E-state index in [0.29, 0.717) is 18.7 Å². The summed E-state index contributed by atoms with van der Waals surface area (Å²) in [5.41, 5.74) is 0.706. The lowest BCUT2D eigenvalue weighted by atomic mass is 9.86. The summed E-state index contributed by atoms with van der Waals surface area (Å²) in [6.07, 6.45) is 4.01. The highest BCUT2D eigenvalue weighted by Gasteiger charge is 2.28. The van der Waals surface area contributed by atoms with E-state index >= 15 is 0 Å². The number of carbonyl (C=O) groups is 1. The third-order valence-corrected chi connectivity index (χ3v) is 4.23. The van der Waals surface area contributed by atoms with Gasteiger partial charge in [0, 0.05) is 24.9 Å². The van der Waals surface area contributed by atoms with Crippen LogP contribution in [0.15, 0.2) is 30.9 Å². The molecule has 1 aromatic carbocycles. The first kappa shape index (κ1) is 16.5. The molecule has 6 nitrogen and oxygen atoms in total. The number of aromatic nitrogens is 3. The summed E-state index contributed by atoms with van der Waals surface area (Å²) in [6, 6.07) is 3.78. The molecule has 1 aliphatic heterocycles. The molecule has 2 atom stereocenters. The second-order valence-corrected chi connectivity index (χ2v) is 5.86. The fourth-order valence-electron chi connectivity index (χ4n) is 3.00. The van der Waals surface area contributed by atoms with E-state index < -0.39 is 11.6 Å². The Hall–Kier alpha value is -2.35. The van der Waals surface area contributed by atoms with Crippen LogP contribution in [0.5, 0.6) is 0 Å². The second-order valence-electron chi connectivity index (χ2n) is 5.86. The SMILES string of the molecule is O=C(CCn1cncn1)NC1CNCCC1c1ccc(F)c(F)c1. The van der Waals surface area contributed by atoms with Gasteiger partial charge in [-0.15, -0.1) is 0 Å². The van der Waals surface area contributed by atoms with Crippen LogP contribution in [0.25, 0.3) is 0 Å². The van der Waals surface area contributed by atoms with Crippen LogP contribution >= 0.6 is 0 Å². The van der Waals surface area contributed by atoms with E-state index in [0.717, 1.165) is 19.0 Å². The lowest BCUT2D eigenvalue weighted by Crippen LogP contribution is -2.50. The Morgan fingerprint density at radius 1 is 1.38 bits per heavy atom. The fraction of sp³-hybridized carbons (Fsp3) is 0.438. The smallest absolute Gasteiger partial charge is 0.222 e. The van der Waals surface area contributed by atoms with Crippen LogP contribution in [-0.2, 0) is 11.3 Å². The molecule has 1 fully saturated rings. The van der Waals surface area contributed by atoms with Crippen molar-refractivity contribution in [3.63, 3.8) is 0 Å². The Bertz CT molecular complexity index is 692. The number of aryl methyl sites for hydroxylation is 1. The predicted molar refractivity (Wildman–Crippen MR) is 83.2 cm³/mol. The van der Waals surface area contributed by atoms with Gasteiger partial charge in [-0.2, -0.15) is 5.10 Å². The van der Waals surface area contributed by atoms with Crippen molar-refractivity contribution < 1.29 is 13.6 Å². The molecule has 1 aliphatic rings. The van der Waals surface area contributed by atoms with Crippen molar-refractivity contribution in [1.29, 1.82) is 0 Å². The zero-order valence-electron chi connectivity index (χ0n) is 13.1. The van der Waals surface area contributed by atoms with Crippen LogP contribution in [0.1, 0.15) is 24.3 Å². The molecule has 24 heavy (non-hydrogen) atoms. The molecule has 1 saturated heterocycles. The molecule has 0 aliphatic carbocycles. The number of rotatable bonds is 5. The Morgan fingerprint density at radius 3 is 3.00 bits per heavy atom. The van der Waals surface area contributed by atoms with Gasteiger partial charge in [0.05, 0.1) is 6.54 Å². The van der Waals surface area contributed by atoms with E-state index in [2.05, 4.69) is 20.7 Å². The molecule has 1 aromatic heterocycles. The summed E-state index contributed by atoms with van der Waals surface area (Å²) in [4.78, 5) is 16.0. The van der Waals surface area contributed by atoms with Crippen molar-refractivity contribution in [2.45, 2.75) is 31.3 Å². The van der Waals surface area contributed by atoms with Gasteiger partial charge in [0.2, 0.25) is 5.91 Å². The van der Waals surface area contributed by atoms with Gasteiger partial charge in [-0.3, -0.25) is 9.48 Å². The molecule has 2 heterocycles. The third kappa shape index (κ3) is 3.94. The van der Waals surface area contributed by atoms with E-state index in [9.17, 15) is 13.6 Å². The van der Waals surface area contributed by atoms with Crippen LogP contribution in [0, 0.1) is 11.6 Å². The first-order valence-corrected chi connectivity index (χ1v) is 7.91. The van der Waals surface area contributed by atoms with E-state index in [1.54, 1.807) is 17.1 Å². The maximum absolute atomic E-state index is 13.5. The predicted octanol–water partition coefficient (Wildman–Crippen LogP) is 1.21. The number of hydrogen-bond donors (Lipinski definition) is 2. The summed E-state index contributed by atoms with van der Waals surface area (Å²) in [5, 5.41) is 10.2. The summed E-state index contributed by atoms with van der Waals surface area (Å²) in [6.45, 7) is 1.82. The number of amides is 1. The van der Waals surface area contributed by atoms with Crippen molar-refractivity contribution in [3.8, 4) is 0 Å². The highest BCUT2D eigenvalue weighted by molar-refractivity contribution is 5.76. The number of hydrogen-bond acceptors (Lipinski definition) is 4. The van der Waals surface area contributed by atoms with Gasteiger partial charge in [-0.05, 0) is 30.7 Å². The Morgan fingerprint density at radius 2 is 2.25 bits per heavy atom.